The Bertz CT molecular complexity index is 575. The van der Waals surface area contributed by atoms with E-state index in [9.17, 15) is 0 Å². The van der Waals surface area contributed by atoms with Crippen molar-refractivity contribution in [3.05, 3.63) is 50.8 Å². The van der Waals surface area contributed by atoms with Gasteiger partial charge in [-0.15, -0.1) is 0 Å². The normalized spacial score (nSPS) is 11.3. The summed E-state index contributed by atoms with van der Waals surface area (Å²) < 4.78 is 6.29. The van der Waals surface area contributed by atoms with Crippen LogP contribution in [0.2, 0.25) is 5.02 Å². The van der Waals surface area contributed by atoms with Gasteiger partial charge in [0.15, 0.2) is 0 Å². The Morgan fingerprint density at radius 1 is 1.29 bits per heavy atom. The molecule has 0 saturated heterocycles. The minimum absolute atomic E-state index is 0.653. The van der Waals surface area contributed by atoms with E-state index in [2.05, 4.69) is 20.9 Å². The van der Waals surface area contributed by atoms with E-state index in [1.54, 1.807) is 6.21 Å². The second-order valence-corrected chi connectivity index (χ2v) is 4.99. The van der Waals surface area contributed by atoms with Gasteiger partial charge in [0.05, 0.1) is 10.7 Å². The fourth-order valence-electron chi connectivity index (χ4n) is 1.49. The minimum atomic E-state index is 0.653. The Balaban J connectivity index is 2.26. The second kappa shape index (κ2) is 5.07. The predicted octanol–water partition coefficient (Wildman–Crippen LogP) is 5.06. The molecule has 0 fully saturated rings. The lowest BCUT2D eigenvalue weighted by Gasteiger charge is -1.97. The molecule has 2 aromatic rings. The summed E-state index contributed by atoms with van der Waals surface area (Å²) in [6.45, 7) is 3.84. The first-order chi connectivity index (χ1) is 8.06. The summed E-state index contributed by atoms with van der Waals surface area (Å²) >= 11 is 9.33. The highest BCUT2D eigenvalue weighted by Crippen LogP contribution is 2.27. The van der Waals surface area contributed by atoms with Crippen molar-refractivity contribution in [1.29, 1.82) is 0 Å². The molecule has 0 N–H and O–H groups in total. The van der Waals surface area contributed by atoms with Gasteiger partial charge in [-0.2, -0.15) is 0 Å². The molecule has 1 aromatic carbocycles. The number of furan rings is 1. The van der Waals surface area contributed by atoms with Gasteiger partial charge in [0, 0.05) is 16.3 Å². The molecule has 0 unspecified atom stereocenters. The van der Waals surface area contributed by atoms with Crippen LogP contribution in [0, 0.1) is 13.8 Å². The molecule has 0 aliphatic heterocycles. The zero-order valence-electron chi connectivity index (χ0n) is 9.50. The monoisotopic (exact) mass is 311 g/mol. The van der Waals surface area contributed by atoms with Crippen LogP contribution < -0.4 is 0 Å². The lowest BCUT2D eigenvalue weighted by atomic mass is 10.2. The summed E-state index contributed by atoms with van der Waals surface area (Å²) in [6, 6.07) is 7.54. The van der Waals surface area contributed by atoms with Gasteiger partial charge in [-0.3, -0.25) is 4.99 Å². The fourth-order valence-corrected chi connectivity index (χ4v) is 1.91. The van der Waals surface area contributed by atoms with E-state index in [-0.39, 0.29) is 0 Å². The lowest BCUT2D eigenvalue weighted by molar-refractivity contribution is 0.504. The van der Waals surface area contributed by atoms with Gasteiger partial charge in [-0.05, 0) is 54.0 Å². The van der Waals surface area contributed by atoms with Gasteiger partial charge in [0.2, 0.25) is 0 Å². The van der Waals surface area contributed by atoms with E-state index in [1.807, 2.05) is 38.1 Å². The number of nitrogens with zero attached hydrogens (tertiary/aromatic N) is 1. The number of hydrogen-bond acceptors (Lipinski definition) is 2. The van der Waals surface area contributed by atoms with Crippen molar-refractivity contribution in [2.24, 2.45) is 4.99 Å². The van der Waals surface area contributed by atoms with E-state index < -0.39 is 0 Å². The van der Waals surface area contributed by atoms with E-state index in [4.69, 9.17) is 16.0 Å². The number of aliphatic imine (C=N–C) groups is 1. The van der Waals surface area contributed by atoms with Crippen molar-refractivity contribution in [2.45, 2.75) is 13.8 Å². The van der Waals surface area contributed by atoms with E-state index >= 15 is 0 Å². The number of aryl methyl sites for hydroxylation is 2. The minimum Gasteiger partial charge on any atom is -0.466 e. The smallest absolute Gasteiger partial charge is 0.109 e. The first kappa shape index (κ1) is 12.4. The quantitative estimate of drug-likeness (QED) is 0.711. The molecular formula is C13H11BrClNO. The summed E-state index contributed by atoms with van der Waals surface area (Å²) in [5.74, 6) is 1.76. The Labute approximate surface area is 113 Å². The molecule has 0 aliphatic carbocycles. The van der Waals surface area contributed by atoms with Crippen molar-refractivity contribution in [3.8, 4) is 0 Å². The predicted molar refractivity (Wildman–Crippen MR) is 74.6 cm³/mol. The maximum atomic E-state index is 5.99. The zero-order valence-corrected chi connectivity index (χ0v) is 11.8. The van der Waals surface area contributed by atoms with Crippen molar-refractivity contribution in [2.75, 3.05) is 0 Å². The third-order valence-corrected chi connectivity index (χ3v) is 3.57. The second-order valence-electron chi connectivity index (χ2n) is 3.73. The standard InChI is InChI=1S/C13H11BrClNO/c1-8-5-10(9(2)17-8)7-16-11-3-4-12(14)13(15)6-11/h3-7H,1-2H3. The fraction of sp³-hybridized carbons (Fsp3) is 0.154. The summed E-state index contributed by atoms with van der Waals surface area (Å²) in [6.07, 6.45) is 1.78. The SMILES string of the molecule is Cc1cc(C=Nc2ccc(Br)c(Cl)c2)c(C)o1. The van der Waals surface area contributed by atoms with E-state index in [0.29, 0.717) is 5.02 Å². The van der Waals surface area contributed by atoms with Crippen molar-refractivity contribution < 1.29 is 4.42 Å². The van der Waals surface area contributed by atoms with Crippen LogP contribution in [0.25, 0.3) is 0 Å². The lowest BCUT2D eigenvalue weighted by Crippen LogP contribution is -1.79. The summed E-state index contributed by atoms with van der Waals surface area (Å²) in [5, 5.41) is 0.653. The van der Waals surface area contributed by atoms with Gasteiger partial charge in [-0.25, -0.2) is 0 Å². The Kier molecular flexibility index (Phi) is 3.69. The molecule has 1 aromatic heterocycles. The molecule has 17 heavy (non-hydrogen) atoms. The van der Waals surface area contributed by atoms with Crippen molar-refractivity contribution >= 4 is 39.4 Å². The number of halogens is 2. The molecule has 0 amide bonds. The third-order valence-electron chi connectivity index (χ3n) is 2.34. The molecule has 88 valence electrons. The maximum absolute atomic E-state index is 5.99. The highest BCUT2D eigenvalue weighted by molar-refractivity contribution is 9.10. The van der Waals surface area contributed by atoms with Crippen molar-refractivity contribution in [1.82, 2.24) is 0 Å². The molecule has 0 aliphatic rings. The van der Waals surface area contributed by atoms with Crippen LogP contribution in [0.15, 0.2) is 38.1 Å². The molecule has 0 spiro atoms. The molecule has 0 atom stereocenters. The van der Waals surface area contributed by atoms with Crippen LogP contribution in [-0.2, 0) is 0 Å². The zero-order chi connectivity index (χ0) is 12.4. The van der Waals surface area contributed by atoms with Crippen LogP contribution in [0.3, 0.4) is 0 Å². The Morgan fingerprint density at radius 3 is 2.65 bits per heavy atom. The molecule has 1 heterocycles. The van der Waals surface area contributed by atoms with E-state index in [1.165, 1.54) is 0 Å². The molecule has 2 rings (SSSR count). The maximum Gasteiger partial charge on any atom is 0.109 e. The summed E-state index contributed by atoms with van der Waals surface area (Å²) in [5.41, 5.74) is 1.80. The van der Waals surface area contributed by atoms with Crippen LogP contribution in [0.4, 0.5) is 5.69 Å². The average Bonchev–Trinajstić information content (AvgIpc) is 2.59. The Hall–Kier alpha value is -1.06. The molecule has 4 heteroatoms. The van der Waals surface area contributed by atoms with Crippen LogP contribution >= 0.6 is 27.5 Å². The largest absolute Gasteiger partial charge is 0.466 e. The Morgan fingerprint density at radius 2 is 2.06 bits per heavy atom. The topological polar surface area (TPSA) is 25.5 Å². The highest BCUT2D eigenvalue weighted by atomic mass is 79.9. The van der Waals surface area contributed by atoms with Crippen LogP contribution in [0.5, 0.6) is 0 Å². The van der Waals surface area contributed by atoms with Gasteiger partial charge < -0.3 is 4.42 Å². The molecule has 0 saturated carbocycles. The first-order valence-corrected chi connectivity index (χ1v) is 6.29. The number of rotatable bonds is 2. The third kappa shape index (κ3) is 2.99. The highest BCUT2D eigenvalue weighted by Gasteiger charge is 2.02. The molecule has 2 nitrogen and oxygen atoms in total. The first-order valence-electron chi connectivity index (χ1n) is 5.12. The van der Waals surface area contributed by atoms with E-state index in [0.717, 1.165) is 27.2 Å². The van der Waals surface area contributed by atoms with Gasteiger partial charge in [0.25, 0.3) is 0 Å². The van der Waals surface area contributed by atoms with Gasteiger partial charge >= 0.3 is 0 Å². The average molecular weight is 313 g/mol. The molecular weight excluding hydrogens is 302 g/mol. The number of benzene rings is 1. The van der Waals surface area contributed by atoms with Crippen LogP contribution in [-0.4, -0.2) is 6.21 Å². The number of hydrogen-bond donors (Lipinski definition) is 0. The summed E-state index contributed by atoms with van der Waals surface area (Å²) in [7, 11) is 0. The van der Waals surface area contributed by atoms with Crippen molar-refractivity contribution in [3.63, 3.8) is 0 Å². The van der Waals surface area contributed by atoms with Gasteiger partial charge in [-0.1, -0.05) is 11.6 Å². The summed E-state index contributed by atoms with van der Waals surface area (Å²) in [4.78, 5) is 4.36. The molecule has 0 radical (unpaired) electrons. The van der Waals surface area contributed by atoms with Gasteiger partial charge in [0.1, 0.15) is 11.5 Å². The molecule has 0 bridgehead atoms. The van der Waals surface area contributed by atoms with Crippen LogP contribution in [0.1, 0.15) is 17.1 Å².